The molecule has 1 unspecified atom stereocenters. The summed E-state index contributed by atoms with van der Waals surface area (Å²) in [4.78, 5) is 12.2. The number of nitrogens with zero attached hydrogens (tertiary/aromatic N) is 1. The summed E-state index contributed by atoms with van der Waals surface area (Å²) >= 11 is -1.64. The van der Waals surface area contributed by atoms with Crippen molar-refractivity contribution in [3.05, 3.63) is 9.46 Å². The van der Waals surface area contributed by atoms with Gasteiger partial charge in [0.1, 0.15) is 0 Å². The van der Waals surface area contributed by atoms with Gasteiger partial charge in [-0.25, -0.2) is 15.1 Å². The molecule has 0 aromatic carbocycles. The molecule has 0 spiro atoms. The third-order valence-corrected chi connectivity index (χ3v) is 5.07. The molecule has 0 saturated carbocycles. The molecule has 0 aromatic heterocycles. The number of urea groups is 1. The predicted molar refractivity (Wildman–Crippen MR) is 45.7 cm³/mol. The summed E-state index contributed by atoms with van der Waals surface area (Å²) in [5, 5.41) is 19.1. The molecule has 1 aliphatic heterocycles. The molecule has 0 saturated heterocycles. The zero-order valence-electron chi connectivity index (χ0n) is 8.98. The van der Waals surface area contributed by atoms with E-state index >= 15 is 0 Å². The first-order valence-corrected chi connectivity index (χ1v) is 7.03. The Morgan fingerprint density at radius 1 is 1.53 bits per heavy atom. The van der Waals surface area contributed by atoms with Gasteiger partial charge in [0.25, 0.3) is 9.42 Å². The van der Waals surface area contributed by atoms with Crippen LogP contribution in [0.4, 0.5) is 18.0 Å². The number of carbonyl (C=O) groups is 1. The van der Waals surface area contributed by atoms with Crippen LogP contribution in [0.15, 0.2) is 9.46 Å². The van der Waals surface area contributed by atoms with Crippen molar-refractivity contribution in [2.75, 3.05) is 18.5 Å². The molecular weight excluding hydrogens is 354 g/mol. The molecule has 2 N–H and O–H groups in total. The number of nitrogens with one attached hydrogen (secondary N) is 2. The molecule has 0 aliphatic carbocycles. The van der Waals surface area contributed by atoms with Crippen LogP contribution in [0.2, 0.25) is 0 Å². The molecule has 5 nitrogen and oxygen atoms in total. The Morgan fingerprint density at radius 3 is 2.53 bits per heavy atom. The molecule has 1 heterocycles. The maximum absolute atomic E-state index is 12.1. The molecule has 1 aliphatic rings. The summed E-state index contributed by atoms with van der Waals surface area (Å²) < 4.78 is 35.0. The summed E-state index contributed by atoms with van der Waals surface area (Å²) in [6.45, 7) is 0. The first-order chi connectivity index (χ1) is 7.65. The van der Waals surface area contributed by atoms with E-state index < -0.39 is 43.7 Å². The molecule has 96 valence electrons. The summed E-state index contributed by atoms with van der Waals surface area (Å²) in [6.07, 6.45) is -4.34. The van der Waals surface area contributed by atoms with E-state index in [-0.39, 0.29) is 14.3 Å². The van der Waals surface area contributed by atoms with Crippen LogP contribution in [0.3, 0.4) is 0 Å². The van der Waals surface area contributed by atoms with Crippen LogP contribution in [-0.4, -0.2) is 41.5 Å². The van der Waals surface area contributed by atoms with Crippen LogP contribution in [0.1, 0.15) is 0 Å². The number of alkyl halides is 4. The van der Waals surface area contributed by atoms with Gasteiger partial charge in [0.15, 0.2) is 0 Å². The number of hydrogen-bond acceptors (Lipinski definition) is 3. The normalized spacial score (nSPS) is 22.4. The van der Waals surface area contributed by atoms with Crippen LogP contribution in [-0.2, 0) is 0 Å². The fourth-order valence-electron chi connectivity index (χ4n) is 1.14. The van der Waals surface area contributed by atoms with Crippen LogP contribution < -0.4 is 31.2 Å². The molecule has 2 amide bonds. The maximum Gasteiger partial charge on any atom is 0.432 e. The highest BCUT2D eigenvalue weighted by atomic mass is 127. The average Bonchev–Trinajstić information content (AvgIpc) is 2.22. The molecule has 0 fully saturated rings. The third kappa shape index (κ3) is 3.09. The van der Waals surface area contributed by atoms with Gasteiger partial charge in [-0.2, -0.15) is 13.2 Å². The number of amides is 2. The highest BCUT2D eigenvalue weighted by Gasteiger charge is 2.45. The molecule has 0 radical (unpaired) electrons. The zero-order valence-corrected chi connectivity index (χ0v) is 11.1. The summed E-state index contributed by atoms with van der Waals surface area (Å²) in [6, 6.07) is -0.625. The Balaban J connectivity index is 2.95. The number of amidine groups is 1. The van der Waals surface area contributed by atoms with Crippen molar-refractivity contribution < 1.29 is 49.2 Å². The predicted octanol–water partition coefficient (Wildman–Crippen LogP) is -4.28. The standard InChI is InChI=1S/C8H9F3IN3O2/c1-14-5(13)4(12-3-8(9,10)11)6(16)15(2)7(14)17/h3H2,1-2H3,(H-,13,16)/p+1. The Morgan fingerprint density at radius 2 is 2.06 bits per heavy atom. The number of likely N-dealkylation sites (N-methyl/N-ethyl adjacent to an activating group) is 1. The highest BCUT2D eigenvalue weighted by molar-refractivity contribution is 5.95. The third-order valence-electron chi connectivity index (χ3n) is 2.06. The van der Waals surface area contributed by atoms with Gasteiger partial charge in [-0.15, -0.1) is 0 Å². The molecule has 1 rings (SSSR count). The van der Waals surface area contributed by atoms with Crippen molar-refractivity contribution in [3.63, 3.8) is 0 Å². The van der Waals surface area contributed by atoms with E-state index in [1.165, 1.54) is 14.1 Å². The minimum absolute atomic E-state index is 0.0176. The number of hydrogen-bond donors (Lipinski definition) is 2. The summed E-state index contributed by atoms with van der Waals surface area (Å²) in [7, 11) is 2.54. The second kappa shape index (κ2) is 4.80. The molecular formula is C8H10F3IN3O2+. The van der Waals surface area contributed by atoms with Gasteiger partial charge in [-0.3, -0.25) is 4.90 Å². The Bertz CT molecular complexity index is 394. The molecule has 9 heteroatoms. The van der Waals surface area contributed by atoms with Gasteiger partial charge in [-0.05, 0) is 0 Å². The SMILES string of the molecule is CN1C(=O)[NH+](C)C(=N)C([I+]CC(F)(F)F)=C1[O-]. The number of rotatable bonds is 2. The fraction of sp³-hybridized carbons (Fsp3) is 0.500. The fourth-order valence-corrected chi connectivity index (χ4v) is 3.42. The smallest absolute Gasteiger partial charge is 0.432 e. The van der Waals surface area contributed by atoms with E-state index in [0.29, 0.717) is 0 Å². The lowest BCUT2D eigenvalue weighted by molar-refractivity contribution is -0.717. The maximum atomic E-state index is 12.1. The second-order valence-corrected chi connectivity index (χ2v) is 5.97. The van der Waals surface area contributed by atoms with E-state index in [2.05, 4.69) is 0 Å². The number of quaternary nitrogens is 1. The lowest BCUT2D eigenvalue weighted by atomic mass is 10.4. The van der Waals surface area contributed by atoms with Crippen molar-refractivity contribution in [1.29, 1.82) is 5.41 Å². The molecule has 0 bridgehead atoms. The van der Waals surface area contributed by atoms with Gasteiger partial charge >= 0.3 is 33.4 Å². The van der Waals surface area contributed by atoms with Crippen molar-refractivity contribution >= 4 is 11.9 Å². The average molecular weight is 364 g/mol. The van der Waals surface area contributed by atoms with Crippen LogP contribution >= 0.6 is 0 Å². The lowest BCUT2D eigenvalue weighted by Gasteiger charge is -2.29. The van der Waals surface area contributed by atoms with Crippen molar-refractivity contribution in [2.45, 2.75) is 6.18 Å². The largest absolute Gasteiger partial charge is 0.857 e. The van der Waals surface area contributed by atoms with E-state index in [1.807, 2.05) is 0 Å². The first kappa shape index (κ1) is 14.2. The number of halogens is 4. The molecule has 1 atom stereocenters. The Labute approximate surface area is 106 Å². The summed E-state index contributed by atoms with van der Waals surface area (Å²) in [5.41, 5.74) is 0. The van der Waals surface area contributed by atoms with E-state index in [0.717, 1.165) is 4.90 Å². The van der Waals surface area contributed by atoms with Gasteiger partial charge in [-0.1, -0.05) is 0 Å². The molecule has 17 heavy (non-hydrogen) atoms. The number of carbonyl (C=O) groups excluding carboxylic acids is 1. The van der Waals surface area contributed by atoms with Crippen LogP contribution in [0.5, 0.6) is 0 Å². The first-order valence-electron chi connectivity index (χ1n) is 4.43. The lowest BCUT2D eigenvalue weighted by Crippen LogP contribution is -3.64. The van der Waals surface area contributed by atoms with Crippen molar-refractivity contribution in [1.82, 2.24) is 4.90 Å². The van der Waals surface area contributed by atoms with Crippen molar-refractivity contribution in [3.8, 4) is 0 Å². The zero-order chi connectivity index (χ0) is 13.4. The van der Waals surface area contributed by atoms with Gasteiger partial charge < -0.3 is 5.11 Å². The second-order valence-electron chi connectivity index (χ2n) is 3.37. The van der Waals surface area contributed by atoms with E-state index in [9.17, 15) is 23.1 Å². The van der Waals surface area contributed by atoms with E-state index in [4.69, 9.17) is 5.41 Å². The quantitative estimate of drug-likeness (QED) is 0.385. The van der Waals surface area contributed by atoms with E-state index in [1.54, 1.807) is 0 Å². The van der Waals surface area contributed by atoms with Crippen LogP contribution in [0.25, 0.3) is 0 Å². The minimum atomic E-state index is -4.34. The van der Waals surface area contributed by atoms with Gasteiger partial charge in [0.2, 0.25) is 4.43 Å². The van der Waals surface area contributed by atoms with Gasteiger partial charge in [0.05, 0.1) is 7.05 Å². The van der Waals surface area contributed by atoms with Crippen LogP contribution in [0, 0.1) is 5.41 Å². The summed E-state index contributed by atoms with van der Waals surface area (Å²) in [5.74, 6) is -1.11. The highest BCUT2D eigenvalue weighted by Crippen LogP contribution is 2.09. The topological polar surface area (TPSA) is 71.7 Å². The Kier molecular flexibility index (Phi) is 4.02. The Hall–Kier alpha value is -0.840. The van der Waals surface area contributed by atoms with Gasteiger partial charge in [0, 0.05) is 12.9 Å². The van der Waals surface area contributed by atoms with Crippen molar-refractivity contribution in [2.24, 2.45) is 0 Å². The monoisotopic (exact) mass is 364 g/mol. The molecule has 0 aromatic rings. The minimum Gasteiger partial charge on any atom is -0.857 e.